The summed E-state index contributed by atoms with van der Waals surface area (Å²) in [5, 5.41) is 23.4. The van der Waals surface area contributed by atoms with E-state index >= 15 is 0 Å². The van der Waals surface area contributed by atoms with Gasteiger partial charge in [0.1, 0.15) is 11.8 Å². The van der Waals surface area contributed by atoms with Crippen molar-refractivity contribution >= 4 is 38.0 Å². The van der Waals surface area contributed by atoms with Gasteiger partial charge in [-0.3, -0.25) is 9.78 Å². The summed E-state index contributed by atoms with van der Waals surface area (Å²) in [6, 6.07) is 21.2. The van der Waals surface area contributed by atoms with E-state index in [-0.39, 0.29) is 47.9 Å². The van der Waals surface area contributed by atoms with E-state index in [9.17, 15) is 15.2 Å². The number of nitriles is 1. The van der Waals surface area contributed by atoms with Crippen molar-refractivity contribution in [2.75, 3.05) is 0 Å². The van der Waals surface area contributed by atoms with Crippen LogP contribution in [0.1, 0.15) is 121 Å². The number of rotatable bonds is 9. The molecule has 0 bridgehead atoms. The molecular formula is C47H57IrN2O2S-. The van der Waals surface area contributed by atoms with Crippen molar-refractivity contribution in [2.45, 2.75) is 121 Å². The smallest absolute Gasteiger partial charge is 0.164 e. The Hall–Kier alpha value is -3.62. The van der Waals surface area contributed by atoms with Gasteiger partial charge in [0.25, 0.3) is 0 Å². The van der Waals surface area contributed by atoms with Crippen LogP contribution in [0.15, 0.2) is 60.5 Å². The van der Waals surface area contributed by atoms with E-state index in [4.69, 9.17) is 4.98 Å². The maximum absolute atomic E-state index is 12.2. The molecule has 1 radical (unpaired) electrons. The minimum atomic E-state index is -0.337. The molecule has 0 amide bonds. The second-order valence-corrected chi connectivity index (χ2v) is 17.0. The van der Waals surface area contributed by atoms with Crippen molar-refractivity contribution in [1.82, 2.24) is 4.98 Å². The monoisotopic (exact) mass is 906 g/mol. The summed E-state index contributed by atoms with van der Waals surface area (Å²) < 4.78 is 1.06. The third-order valence-corrected chi connectivity index (χ3v) is 12.7. The summed E-state index contributed by atoms with van der Waals surface area (Å²) in [6.45, 7) is 27.5. The number of benzene rings is 3. The van der Waals surface area contributed by atoms with E-state index in [1.54, 1.807) is 17.5 Å². The number of aliphatic hydroxyl groups is 1. The van der Waals surface area contributed by atoms with Crippen LogP contribution in [-0.2, 0) is 30.3 Å². The molecule has 2 aromatic heterocycles. The number of hydrogen-bond acceptors (Lipinski definition) is 5. The van der Waals surface area contributed by atoms with Gasteiger partial charge < -0.3 is 5.11 Å². The normalized spacial score (nSPS) is 12.3. The Balaban J connectivity index is 0.000000359. The number of ketones is 1. The minimum absolute atomic E-state index is 0. The van der Waals surface area contributed by atoms with Crippen LogP contribution >= 0.6 is 11.3 Å². The van der Waals surface area contributed by atoms with Crippen LogP contribution in [0.2, 0.25) is 0 Å². The second kappa shape index (κ2) is 17.2. The van der Waals surface area contributed by atoms with Gasteiger partial charge in [-0.25, -0.2) is 0 Å². The van der Waals surface area contributed by atoms with E-state index in [0.717, 1.165) is 58.0 Å². The molecule has 0 unspecified atom stereocenters. The van der Waals surface area contributed by atoms with Crippen molar-refractivity contribution in [1.29, 1.82) is 5.26 Å². The van der Waals surface area contributed by atoms with Crippen molar-refractivity contribution in [2.24, 2.45) is 10.8 Å². The number of fused-ring (bicyclic) bond motifs is 2. The number of aromatic nitrogens is 1. The summed E-state index contributed by atoms with van der Waals surface area (Å²) in [6.07, 6.45) is 6.49. The molecule has 2 heterocycles. The van der Waals surface area contributed by atoms with Gasteiger partial charge >= 0.3 is 0 Å². The summed E-state index contributed by atoms with van der Waals surface area (Å²) in [4.78, 5) is 18.2. The molecule has 6 heteroatoms. The van der Waals surface area contributed by atoms with Crippen LogP contribution in [0, 0.1) is 55.9 Å². The first-order valence-electron chi connectivity index (χ1n) is 18.7. The van der Waals surface area contributed by atoms with Crippen LogP contribution in [0.3, 0.4) is 0 Å². The Bertz CT molecular complexity index is 2160. The van der Waals surface area contributed by atoms with Crippen molar-refractivity contribution in [3.8, 4) is 27.8 Å². The summed E-state index contributed by atoms with van der Waals surface area (Å²) in [7, 11) is 0. The van der Waals surface area contributed by atoms with Gasteiger partial charge in [-0.2, -0.15) is 5.26 Å². The molecule has 4 nitrogen and oxygen atoms in total. The number of aryl methyl sites for hydroxylation is 4. The first kappa shape index (κ1) is 43.8. The van der Waals surface area contributed by atoms with Gasteiger partial charge in [-0.05, 0) is 81.0 Å². The molecule has 53 heavy (non-hydrogen) atoms. The molecule has 5 aromatic rings. The number of carbonyl (C=O) groups is 1. The van der Waals surface area contributed by atoms with Crippen LogP contribution in [0.25, 0.3) is 42.6 Å². The van der Waals surface area contributed by atoms with Gasteiger partial charge in [0.2, 0.25) is 0 Å². The van der Waals surface area contributed by atoms with Gasteiger partial charge in [0, 0.05) is 63.9 Å². The fraction of sp³-hybridized carbons (Fsp3) is 0.426. The van der Waals surface area contributed by atoms with Crippen LogP contribution in [-0.4, -0.2) is 15.9 Å². The fourth-order valence-electron chi connectivity index (χ4n) is 6.97. The van der Waals surface area contributed by atoms with Gasteiger partial charge in [-0.1, -0.05) is 109 Å². The topological polar surface area (TPSA) is 74.0 Å². The summed E-state index contributed by atoms with van der Waals surface area (Å²) in [5.74, 6) is 0.286. The molecule has 1 N–H and O–H groups in total. The molecule has 283 valence electrons. The Morgan fingerprint density at radius 2 is 1.47 bits per heavy atom. The van der Waals surface area contributed by atoms with Crippen LogP contribution < -0.4 is 0 Å². The Kier molecular flexibility index (Phi) is 14.2. The molecule has 0 atom stereocenters. The van der Waals surface area contributed by atoms with Gasteiger partial charge in [-0.15, -0.1) is 40.5 Å². The largest absolute Gasteiger partial charge is 0.512 e. The number of hydrogen-bond donors (Lipinski definition) is 1. The average Bonchev–Trinajstić information content (AvgIpc) is 3.45. The molecule has 0 aliphatic rings. The standard InChI is InChI=1S/C32H29N2S.C15H28O2.Ir/c1-18-12-19(2)27(20(3)13-18)30-21(4)28-24(16-33)17-34-29(31(28)35-30)23-14-22-10-8-9-11-25(22)26(15-23)32(5,6)7;1-7-14(5,8-2)12(16)11-13(17)15(6,9-3)10-4;/h8-13,15,17H,1-7H3;11,16H,7-10H2,1-6H3;/q-1;;/b;12-11-;. The molecule has 0 aliphatic carbocycles. The van der Waals surface area contributed by atoms with Crippen molar-refractivity contribution in [3.05, 3.63) is 99.9 Å². The molecule has 0 aliphatic heterocycles. The third-order valence-electron chi connectivity index (χ3n) is 11.4. The molecule has 3 aromatic carbocycles. The van der Waals surface area contributed by atoms with Gasteiger partial charge in [0.15, 0.2) is 5.78 Å². The van der Waals surface area contributed by atoms with Crippen molar-refractivity contribution in [3.63, 3.8) is 0 Å². The second-order valence-electron chi connectivity index (χ2n) is 16.0. The van der Waals surface area contributed by atoms with Gasteiger partial charge in [0.05, 0.1) is 5.56 Å². The Morgan fingerprint density at radius 1 is 0.906 bits per heavy atom. The number of carbonyl (C=O) groups excluding carboxylic acids is 1. The summed E-state index contributed by atoms with van der Waals surface area (Å²) in [5.41, 5.74) is 9.36. The zero-order valence-corrected chi connectivity index (χ0v) is 37.2. The van der Waals surface area contributed by atoms with Crippen LogP contribution in [0.5, 0.6) is 0 Å². The Labute approximate surface area is 336 Å². The van der Waals surface area contributed by atoms with E-state index in [2.05, 4.69) is 103 Å². The predicted octanol–water partition coefficient (Wildman–Crippen LogP) is 13.6. The number of nitrogens with zero attached hydrogens (tertiary/aromatic N) is 2. The zero-order chi connectivity index (χ0) is 38.8. The maximum atomic E-state index is 12.2. The number of aliphatic hydroxyl groups excluding tert-OH is 1. The first-order valence-corrected chi connectivity index (χ1v) is 19.5. The molecule has 0 spiro atoms. The van der Waals surface area contributed by atoms with E-state index in [0.29, 0.717) is 5.56 Å². The number of allylic oxidation sites excluding steroid dienone is 2. The predicted molar refractivity (Wildman–Crippen MR) is 222 cm³/mol. The third kappa shape index (κ3) is 8.86. The van der Waals surface area contributed by atoms with E-state index < -0.39 is 0 Å². The molecule has 0 fully saturated rings. The fourth-order valence-corrected chi connectivity index (χ4v) is 8.48. The summed E-state index contributed by atoms with van der Waals surface area (Å²) >= 11 is 1.75. The minimum Gasteiger partial charge on any atom is -0.512 e. The van der Waals surface area contributed by atoms with E-state index in [1.165, 1.54) is 44.2 Å². The number of thiophene rings is 1. The molecule has 0 saturated carbocycles. The first-order chi connectivity index (χ1) is 24.4. The Morgan fingerprint density at radius 3 is 2.00 bits per heavy atom. The van der Waals surface area contributed by atoms with Crippen LogP contribution in [0.4, 0.5) is 0 Å². The quantitative estimate of drug-likeness (QED) is 0.0908. The van der Waals surface area contributed by atoms with E-state index in [1.807, 2.05) is 41.5 Å². The molecular weight excluding hydrogens is 849 g/mol. The zero-order valence-electron chi connectivity index (χ0n) is 34.0. The van der Waals surface area contributed by atoms with Crippen molar-refractivity contribution < 1.29 is 30.0 Å². The molecule has 5 rings (SSSR count). The maximum Gasteiger partial charge on any atom is 0.164 e. The average molecular weight is 906 g/mol. The molecule has 0 saturated heterocycles. The SMILES string of the molecule is CCC(C)(CC)C(=O)/C=C(\O)C(C)(CC)CC.Cc1cc(C)c(-c2sc3c(-c4[c-]c5ccccc5c(C(C)(C)C)c4)ncc(C#N)c3c2C)c(C)c1.[Ir]. The number of pyridine rings is 1.